The van der Waals surface area contributed by atoms with E-state index < -0.39 is 10.0 Å². The number of hydrogen-bond acceptors (Lipinski definition) is 5. The van der Waals surface area contributed by atoms with Crippen molar-refractivity contribution in [3.63, 3.8) is 0 Å². The summed E-state index contributed by atoms with van der Waals surface area (Å²) in [6, 6.07) is 6.72. The van der Waals surface area contributed by atoms with Crippen molar-refractivity contribution in [2.45, 2.75) is 13.8 Å². The molecule has 1 rings (SSSR count). The first-order valence-electron chi connectivity index (χ1n) is 6.16. The Balaban J connectivity index is 2.72. The fraction of sp³-hybridized carbons (Fsp3) is 0.385. The van der Waals surface area contributed by atoms with E-state index in [4.69, 9.17) is 5.26 Å². The number of sulfonamides is 1. The fourth-order valence-electron chi connectivity index (χ4n) is 1.57. The van der Waals surface area contributed by atoms with Gasteiger partial charge in [-0.05, 0) is 32.0 Å². The zero-order valence-corrected chi connectivity index (χ0v) is 12.3. The normalized spacial score (nSPS) is 10.8. The van der Waals surface area contributed by atoms with Crippen molar-refractivity contribution < 1.29 is 13.2 Å². The summed E-state index contributed by atoms with van der Waals surface area (Å²) >= 11 is 0. The summed E-state index contributed by atoms with van der Waals surface area (Å²) in [6.45, 7) is 3.53. The van der Waals surface area contributed by atoms with Crippen molar-refractivity contribution in [2.24, 2.45) is 0 Å². The average molecular weight is 295 g/mol. The number of nitrogens with zero attached hydrogens (tertiary/aromatic N) is 1. The third-order valence-corrected chi connectivity index (χ3v) is 4.07. The van der Waals surface area contributed by atoms with Crippen molar-refractivity contribution >= 4 is 21.5 Å². The number of nitrogens with one attached hydrogen (secondary N) is 2. The maximum atomic E-state index is 11.5. The van der Waals surface area contributed by atoms with E-state index in [1.807, 2.05) is 6.07 Å². The van der Waals surface area contributed by atoms with E-state index in [-0.39, 0.29) is 18.1 Å². The Bertz CT molecular complexity index is 633. The van der Waals surface area contributed by atoms with Crippen LogP contribution < -0.4 is 10.0 Å². The van der Waals surface area contributed by atoms with Crippen molar-refractivity contribution in [3.05, 3.63) is 29.3 Å². The average Bonchev–Trinajstić information content (AvgIpc) is 2.43. The Labute approximate surface area is 118 Å². The quantitative estimate of drug-likeness (QED) is 0.580. The minimum absolute atomic E-state index is 0.0234. The van der Waals surface area contributed by atoms with Crippen molar-refractivity contribution in [3.8, 4) is 6.07 Å². The SMILES string of the molecule is CCS(=O)(=O)NCCNc1cc(C#N)ccc1C(C)=O. The molecule has 6 nitrogen and oxygen atoms in total. The standard InChI is InChI=1S/C13H17N3O3S/c1-3-20(18,19)16-7-6-15-13-8-11(9-14)4-5-12(13)10(2)17/h4-5,8,15-16H,3,6-7H2,1-2H3. The van der Waals surface area contributed by atoms with E-state index in [0.29, 0.717) is 23.4 Å². The summed E-state index contributed by atoms with van der Waals surface area (Å²) in [5.41, 5.74) is 1.45. The van der Waals surface area contributed by atoms with E-state index in [9.17, 15) is 13.2 Å². The zero-order valence-electron chi connectivity index (χ0n) is 11.4. The van der Waals surface area contributed by atoms with Crippen LogP contribution in [0.1, 0.15) is 29.8 Å². The molecule has 0 aromatic heterocycles. The summed E-state index contributed by atoms with van der Waals surface area (Å²) in [7, 11) is -3.22. The molecule has 0 aliphatic heterocycles. The van der Waals surface area contributed by atoms with Crippen LogP contribution in [0.3, 0.4) is 0 Å². The van der Waals surface area contributed by atoms with Crippen molar-refractivity contribution in [1.82, 2.24) is 4.72 Å². The van der Waals surface area contributed by atoms with Crippen LogP contribution in [0.5, 0.6) is 0 Å². The Hall–Kier alpha value is -1.91. The molecule has 7 heteroatoms. The summed E-state index contributed by atoms with van der Waals surface area (Å²) in [6.07, 6.45) is 0. The maximum Gasteiger partial charge on any atom is 0.211 e. The van der Waals surface area contributed by atoms with Gasteiger partial charge in [-0.1, -0.05) is 0 Å². The van der Waals surface area contributed by atoms with E-state index >= 15 is 0 Å². The molecule has 0 aliphatic carbocycles. The minimum atomic E-state index is -3.22. The van der Waals surface area contributed by atoms with Gasteiger partial charge in [-0.2, -0.15) is 5.26 Å². The number of carbonyl (C=O) groups is 1. The molecule has 0 radical (unpaired) electrons. The molecule has 2 N–H and O–H groups in total. The summed E-state index contributed by atoms with van der Waals surface area (Å²) in [4.78, 5) is 11.5. The molecule has 20 heavy (non-hydrogen) atoms. The van der Waals surface area contributed by atoms with E-state index in [0.717, 1.165) is 0 Å². The first-order valence-corrected chi connectivity index (χ1v) is 7.81. The van der Waals surface area contributed by atoms with Gasteiger partial charge in [0, 0.05) is 24.3 Å². The van der Waals surface area contributed by atoms with Crippen LogP contribution in [0, 0.1) is 11.3 Å². The molecule has 0 amide bonds. The predicted octanol–water partition coefficient (Wildman–Crippen LogP) is 1.11. The van der Waals surface area contributed by atoms with Crippen LogP contribution in [-0.2, 0) is 10.0 Å². The fourth-order valence-corrected chi connectivity index (χ4v) is 2.19. The maximum absolute atomic E-state index is 11.5. The summed E-state index contributed by atoms with van der Waals surface area (Å²) < 4.78 is 24.9. The minimum Gasteiger partial charge on any atom is -0.383 e. The molecule has 0 spiro atoms. The molecule has 108 valence electrons. The molecule has 1 aromatic carbocycles. The van der Waals surface area contributed by atoms with Gasteiger partial charge in [-0.25, -0.2) is 13.1 Å². The van der Waals surface area contributed by atoms with Gasteiger partial charge < -0.3 is 5.32 Å². The number of ketones is 1. The lowest BCUT2D eigenvalue weighted by atomic mass is 10.1. The topological polar surface area (TPSA) is 99.1 Å². The van der Waals surface area contributed by atoms with E-state index in [1.54, 1.807) is 25.1 Å². The van der Waals surface area contributed by atoms with Crippen molar-refractivity contribution in [2.75, 3.05) is 24.2 Å². The molecular weight excluding hydrogens is 278 g/mol. The highest BCUT2D eigenvalue weighted by Crippen LogP contribution is 2.17. The van der Waals surface area contributed by atoms with Gasteiger partial charge in [0.1, 0.15) is 0 Å². The Morgan fingerprint density at radius 1 is 1.35 bits per heavy atom. The van der Waals surface area contributed by atoms with E-state index in [1.165, 1.54) is 6.92 Å². The monoisotopic (exact) mass is 295 g/mol. The molecule has 0 atom stereocenters. The van der Waals surface area contributed by atoms with Crippen LogP contribution in [0.15, 0.2) is 18.2 Å². The lowest BCUT2D eigenvalue weighted by molar-refractivity contribution is 0.101. The lowest BCUT2D eigenvalue weighted by Crippen LogP contribution is -2.30. The number of anilines is 1. The first-order chi connectivity index (χ1) is 9.39. The number of carbonyl (C=O) groups excluding carboxylic acids is 1. The van der Waals surface area contributed by atoms with Crippen LogP contribution in [-0.4, -0.2) is 33.0 Å². The molecule has 1 aromatic rings. The smallest absolute Gasteiger partial charge is 0.211 e. The lowest BCUT2D eigenvalue weighted by Gasteiger charge is -2.11. The Morgan fingerprint density at radius 2 is 2.05 bits per heavy atom. The molecule has 0 aliphatic rings. The van der Waals surface area contributed by atoms with Gasteiger partial charge in [0.05, 0.1) is 17.4 Å². The van der Waals surface area contributed by atoms with Gasteiger partial charge >= 0.3 is 0 Å². The molecular formula is C13H17N3O3S. The first kappa shape index (κ1) is 16.1. The highest BCUT2D eigenvalue weighted by Gasteiger charge is 2.09. The van der Waals surface area contributed by atoms with Gasteiger partial charge in [-0.15, -0.1) is 0 Å². The second-order valence-electron chi connectivity index (χ2n) is 4.15. The molecule has 0 saturated carbocycles. The second-order valence-corrected chi connectivity index (χ2v) is 6.25. The molecule has 0 fully saturated rings. The molecule has 0 heterocycles. The van der Waals surface area contributed by atoms with Crippen LogP contribution >= 0.6 is 0 Å². The predicted molar refractivity (Wildman–Crippen MR) is 77.1 cm³/mol. The summed E-state index contributed by atoms with van der Waals surface area (Å²) in [5, 5.41) is 11.8. The number of rotatable bonds is 7. The largest absolute Gasteiger partial charge is 0.383 e. The number of hydrogen-bond donors (Lipinski definition) is 2. The third kappa shape index (κ3) is 4.64. The highest BCUT2D eigenvalue weighted by atomic mass is 32.2. The molecule has 0 bridgehead atoms. The van der Waals surface area contributed by atoms with Crippen LogP contribution in [0.25, 0.3) is 0 Å². The summed E-state index contributed by atoms with van der Waals surface area (Å²) in [5.74, 6) is -0.0959. The highest BCUT2D eigenvalue weighted by molar-refractivity contribution is 7.89. The van der Waals surface area contributed by atoms with Crippen LogP contribution in [0.2, 0.25) is 0 Å². The van der Waals surface area contributed by atoms with Crippen molar-refractivity contribution in [1.29, 1.82) is 5.26 Å². The number of nitriles is 1. The zero-order chi connectivity index (χ0) is 15.2. The number of benzene rings is 1. The number of Topliss-reactive ketones (excluding diaryl/α,β-unsaturated/α-hetero) is 1. The van der Waals surface area contributed by atoms with E-state index in [2.05, 4.69) is 10.0 Å². The van der Waals surface area contributed by atoms with Gasteiger partial charge in [-0.3, -0.25) is 4.79 Å². The third-order valence-electron chi connectivity index (χ3n) is 2.67. The van der Waals surface area contributed by atoms with Gasteiger partial charge in [0.2, 0.25) is 10.0 Å². The molecule has 0 saturated heterocycles. The second kappa shape index (κ2) is 7.03. The Kier molecular flexibility index (Phi) is 5.67. The molecule has 0 unspecified atom stereocenters. The Morgan fingerprint density at radius 3 is 2.60 bits per heavy atom. The van der Waals surface area contributed by atoms with Gasteiger partial charge in [0.15, 0.2) is 5.78 Å². The van der Waals surface area contributed by atoms with Crippen LogP contribution in [0.4, 0.5) is 5.69 Å². The van der Waals surface area contributed by atoms with Gasteiger partial charge in [0.25, 0.3) is 0 Å².